The third-order valence-corrected chi connectivity index (χ3v) is 2.52. The number of hydrogen-bond donors (Lipinski definition) is 1. The van der Waals surface area contributed by atoms with Gasteiger partial charge in [0.25, 0.3) is 0 Å². The molecule has 0 amide bonds. The summed E-state index contributed by atoms with van der Waals surface area (Å²) < 4.78 is 42.4. The lowest BCUT2D eigenvalue weighted by atomic mass is 10.0. The molecule has 0 spiro atoms. The van der Waals surface area contributed by atoms with E-state index in [0.717, 1.165) is 12.8 Å². The molecule has 1 aromatic heterocycles. The first-order chi connectivity index (χ1) is 8.27. The standard InChI is InChI=1S/C11H14F3NO3/c1-3-4-5-6(2)9-15-8(11(12,13)14)7(18-9)10(16)17/h6H,3-5H2,1-2H3,(H,16,17). The second-order valence-electron chi connectivity index (χ2n) is 4.08. The van der Waals surface area contributed by atoms with Crippen LogP contribution in [0.4, 0.5) is 13.2 Å². The highest BCUT2D eigenvalue weighted by atomic mass is 19.4. The number of aromatic nitrogens is 1. The van der Waals surface area contributed by atoms with Gasteiger partial charge >= 0.3 is 12.1 Å². The predicted octanol–water partition coefficient (Wildman–Crippen LogP) is 3.69. The monoisotopic (exact) mass is 265 g/mol. The Morgan fingerprint density at radius 1 is 1.50 bits per heavy atom. The molecule has 1 atom stereocenters. The van der Waals surface area contributed by atoms with E-state index < -0.39 is 23.6 Å². The SMILES string of the molecule is CCCCC(C)c1nc(C(F)(F)F)c(C(=O)O)o1. The second-order valence-corrected chi connectivity index (χ2v) is 4.08. The van der Waals surface area contributed by atoms with E-state index in [2.05, 4.69) is 4.98 Å². The number of nitrogens with zero attached hydrogens (tertiary/aromatic N) is 1. The fourth-order valence-corrected chi connectivity index (χ4v) is 1.52. The Kier molecular flexibility index (Phi) is 4.37. The van der Waals surface area contributed by atoms with Gasteiger partial charge in [-0.2, -0.15) is 13.2 Å². The number of carboxylic acids is 1. The van der Waals surface area contributed by atoms with Crippen molar-refractivity contribution >= 4 is 5.97 Å². The van der Waals surface area contributed by atoms with E-state index in [1.165, 1.54) is 0 Å². The third-order valence-electron chi connectivity index (χ3n) is 2.52. The van der Waals surface area contributed by atoms with Gasteiger partial charge in [0.2, 0.25) is 5.76 Å². The lowest BCUT2D eigenvalue weighted by molar-refractivity contribution is -0.141. The molecule has 0 aliphatic carbocycles. The molecule has 0 saturated carbocycles. The van der Waals surface area contributed by atoms with Gasteiger partial charge in [0.1, 0.15) is 0 Å². The Labute approximate surface area is 102 Å². The van der Waals surface area contributed by atoms with E-state index in [0.29, 0.717) is 6.42 Å². The number of oxazole rings is 1. The minimum absolute atomic E-state index is 0.173. The van der Waals surface area contributed by atoms with Gasteiger partial charge in [0.15, 0.2) is 11.6 Å². The fraction of sp³-hybridized carbons (Fsp3) is 0.636. The van der Waals surface area contributed by atoms with Crippen LogP contribution in [0.3, 0.4) is 0 Å². The number of carbonyl (C=O) groups is 1. The number of halogens is 3. The fourth-order valence-electron chi connectivity index (χ4n) is 1.52. The molecule has 102 valence electrons. The number of aromatic carboxylic acids is 1. The summed E-state index contributed by atoms with van der Waals surface area (Å²) in [5.41, 5.74) is -1.46. The Balaban J connectivity index is 3.06. The summed E-state index contributed by atoms with van der Waals surface area (Å²) in [6.45, 7) is 3.61. The van der Waals surface area contributed by atoms with Crippen molar-refractivity contribution in [3.8, 4) is 0 Å². The predicted molar refractivity (Wildman–Crippen MR) is 56.4 cm³/mol. The first-order valence-electron chi connectivity index (χ1n) is 5.58. The maximum atomic E-state index is 12.6. The molecule has 7 heteroatoms. The van der Waals surface area contributed by atoms with E-state index >= 15 is 0 Å². The molecule has 0 aliphatic rings. The molecule has 0 fully saturated rings. The Hall–Kier alpha value is -1.53. The van der Waals surface area contributed by atoms with Crippen LogP contribution in [-0.4, -0.2) is 16.1 Å². The van der Waals surface area contributed by atoms with Crippen LogP contribution in [0.1, 0.15) is 61.2 Å². The molecule has 18 heavy (non-hydrogen) atoms. The van der Waals surface area contributed by atoms with Gasteiger partial charge in [0.05, 0.1) is 0 Å². The third kappa shape index (κ3) is 3.24. The van der Waals surface area contributed by atoms with Gasteiger partial charge < -0.3 is 9.52 Å². The Morgan fingerprint density at radius 3 is 2.50 bits per heavy atom. The van der Waals surface area contributed by atoms with Crippen molar-refractivity contribution in [2.24, 2.45) is 0 Å². The summed E-state index contributed by atoms with van der Waals surface area (Å²) in [5.74, 6) is -3.41. The van der Waals surface area contributed by atoms with Crippen LogP contribution in [0.15, 0.2) is 4.42 Å². The van der Waals surface area contributed by atoms with Gasteiger partial charge in [0, 0.05) is 5.92 Å². The summed E-state index contributed by atoms with van der Waals surface area (Å²) in [6.07, 6.45) is -2.51. The van der Waals surface area contributed by atoms with Crippen molar-refractivity contribution in [3.63, 3.8) is 0 Å². The lowest BCUT2D eigenvalue weighted by Gasteiger charge is -2.04. The zero-order chi connectivity index (χ0) is 13.9. The average Bonchev–Trinajstić information content (AvgIpc) is 2.70. The quantitative estimate of drug-likeness (QED) is 0.881. The minimum atomic E-state index is -4.82. The average molecular weight is 265 g/mol. The molecule has 4 nitrogen and oxygen atoms in total. The molecule has 1 aromatic rings. The normalized spacial score (nSPS) is 13.6. The van der Waals surface area contributed by atoms with Gasteiger partial charge in [-0.15, -0.1) is 0 Å². The van der Waals surface area contributed by atoms with Crippen LogP contribution >= 0.6 is 0 Å². The number of carboxylic acid groups (broad SMARTS) is 1. The van der Waals surface area contributed by atoms with Crippen molar-refractivity contribution in [1.29, 1.82) is 0 Å². The van der Waals surface area contributed by atoms with Gasteiger partial charge in [-0.25, -0.2) is 9.78 Å². The lowest BCUT2D eigenvalue weighted by Crippen LogP contribution is -2.11. The summed E-state index contributed by atoms with van der Waals surface area (Å²) in [7, 11) is 0. The number of hydrogen-bond acceptors (Lipinski definition) is 3. The highest BCUT2D eigenvalue weighted by molar-refractivity contribution is 5.85. The molecular formula is C11H14F3NO3. The molecule has 0 bridgehead atoms. The second kappa shape index (κ2) is 5.41. The molecule has 0 saturated heterocycles. The first-order valence-corrected chi connectivity index (χ1v) is 5.58. The highest BCUT2D eigenvalue weighted by Crippen LogP contribution is 2.34. The van der Waals surface area contributed by atoms with E-state index in [9.17, 15) is 18.0 Å². The zero-order valence-corrected chi connectivity index (χ0v) is 10.0. The van der Waals surface area contributed by atoms with Gasteiger partial charge in [-0.05, 0) is 6.42 Å². The molecule has 0 aromatic carbocycles. The minimum Gasteiger partial charge on any atom is -0.475 e. The van der Waals surface area contributed by atoms with Gasteiger partial charge in [-0.1, -0.05) is 26.7 Å². The van der Waals surface area contributed by atoms with E-state index in [1.807, 2.05) is 6.92 Å². The van der Waals surface area contributed by atoms with Crippen LogP contribution in [0.25, 0.3) is 0 Å². The molecule has 0 aliphatic heterocycles. The summed E-state index contributed by atoms with van der Waals surface area (Å²) >= 11 is 0. The smallest absolute Gasteiger partial charge is 0.437 e. The maximum Gasteiger partial charge on any atom is 0.437 e. The molecule has 1 rings (SSSR count). The Morgan fingerprint density at radius 2 is 2.11 bits per heavy atom. The zero-order valence-electron chi connectivity index (χ0n) is 10.0. The summed E-state index contributed by atoms with van der Waals surface area (Å²) in [4.78, 5) is 14.0. The van der Waals surface area contributed by atoms with Crippen molar-refractivity contribution in [3.05, 3.63) is 17.3 Å². The van der Waals surface area contributed by atoms with Crippen molar-refractivity contribution in [2.75, 3.05) is 0 Å². The van der Waals surface area contributed by atoms with Crippen LogP contribution in [0, 0.1) is 0 Å². The van der Waals surface area contributed by atoms with Crippen molar-refractivity contribution < 1.29 is 27.5 Å². The van der Waals surface area contributed by atoms with E-state index in [-0.39, 0.29) is 11.8 Å². The maximum absolute atomic E-state index is 12.6. The van der Waals surface area contributed by atoms with Crippen LogP contribution < -0.4 is 0 Å². The highest BCUT2D eigenvalue weighted by Gasteiger charge is 2.41. The van der Waals surface area contributed by atoms with E-state index in [1.54, 1.807) is 6.92 Å². The Bertz CT molecular complexity index is 426. The van der Waals surface area contributed by atoms with Crippen LogP contribution in [0.5, 0.6) is 0 Å². The first kappa shape index (κ1) is 14.5. The van der Waals surface area contributed by atoms with Gasteiger partial charge in [-0.3, -0.25) is 0 Å². The molecule has 1 N–H and O–H groups in total. The molecule has 1 unspecified atom stereocenters. The van der Waals surface area contributed by atoms with E-state index in [4.69, 9.17) is 9.52 Å². The molecule has 1 heterocycles. The number of rotatable bonds is 5. The topological polar surface area (TPSA) is 63.3 Å². The number of alkyl halides is 3. The van der Waals surface area contributed by atoms with Crippen LogP contribution in [0.2, 0.25) is 0 Å². The summed E-state index contributed by atoms with van der Waals surface area (Å²) in [5, 5.41) is 8.67. The largest absolute Gasteiger partial charge is 0.475 e. The van der Waals surface area contributed by atoms with Crippen molar-refractivity contribution in [2.45, 2.75) is 45.2 Å². The molecule has 0 radical (unpaired) electrons. The number of unbranched alkanes of at least 4 members (excludes halogenated alkanes) is 1. The summed E-state index contributed by atoms with van der Waals surface area (Å²) in [6, 6.07) is 0. The van der Waals surface area contributed by atoms with Crippen molar-refractivity contribution in [1.82, 2.24) is 4.98 Å². The molecular weight excluding hydrogens is 251 g/mol. The van der Waals surface area contributed by atoms with Crippen LogP contribution in [-0.2, 0) is 6.18 Å².